The van der Waals surface area contributed by atoms with Gasteiger partial charge in [0.05, 0.1) is 12.4 Å². The average Bonchev–Trinajstić information content (AvgIpc) is 2.24. The topological polar surface area (TPSA) is 75.7 Å². The fourth-order valence-corrected chi connectivity index (χ4v) is 2.68. The summed E-state index contributed by atoms with van der Waals surface area (Å²) in [5, 5.41) is 3.20. The lowest BCUT2D eigenvalue weighted by Crippen LogP contribution is -2.59. The first-order valence-electron chi connectivity index (χ1n) is 6.81. The third kappa shape index (κ3) is 7.81. The number of hydrogen-bond acceptors (Lipinski definition) is 6. The van der Waals surface area contributed by atoms with Crippen molar-refractivity contribution in [3.63, 3.8) is 0 Å². The summed E-state index contributed by atoms with van der Waals surface area (Å²) in [5.41, 5.74) is -0.851. The predicted molar refractivity (Wildman–Crippen MR) is 80.5 cm³/mol. The highest BCUT2D eigenvalue weighted by Gasteiger charge is 2.36. The standard InChI is InChI=1S/C13H28N2O4S/c1-7-19-12(16)13(4,14-11(2)3)10-15(5)8-9-20(6,17)18/h11,14H,7-10H2,1-6H3. The molecule has 0 aromatic carbocycles. The molecule has 0 aliphatic rings. The number of hydrogen-bond donors (Lipinski definition) is 1. The second kappa shape index (κ2) is 7.95. The monoisotopic (exact) mass is 308 g/mol. The summed E-state index contributed by atoms with van der Waals surface area (Å²) in [6.45, 7) is 8.54. The van der Waals surface area contributed by atoms with Gasteiger partial charge < -0.3 is 9.64 Å². The van der Waals surface area contributed by atoms with Crippen molar-refractivity contribution in [3.05, 3.63) is 0 Å². The van der Waals surface area contributed by atoms with Crippen molar-refractivity contribution in [2.45, 2.75) is 39.3 Å². The minimum Gasteiger partial charge on any atom is -0.465 e. The summed E-state index contributed by atoms with van der Waals surface area (Å²) in [7, 11) is -1.21. The Bertz CT molecular complexity index is 409. The van der Waals surface area contributed by atoms with Gasteiger partial charge in [-0.15, -0.1) is 0 Å². The van der Waals surface area contributed by atoms with E-state index in [0.29, 0.717) is 19.7 Å². The summed E-state index contributed by atoms with van der Waals surface area (Å²) < 4.78 is 27.5. The minimum atomic E-state index is -3.01. The van der Waals surface area contributed by atoms with E-state index in [9.17, 15) is 13.2 Å². The summed E-state index contributed by atoms with van der Waals surface area (Å²) in [6, 6.07) is 0.118. The summed E-state index contributed by atoms with van der Waals surface area (Å²) in [4.78, 5) is 13.9. The van der Waals surface area contributed by atoms with Crippen LogP contribution in [0.5, 0.6) is 0 Å². The molecular formula is C13H28N2O4S. The fourth-order valence-electron chi connectivity index (χ4n) is 2.04. The molecule has 0 fully saturated rings. The van der Waals surface area contributed by atoms with Crippen molar-refractivity contribution < 1.29 is 17.9 Å². The zero-order valence-corrected chi connectivity index (χ0v) is 14.2. The Morgan fingerprint density at radius 1 is 1.40 bits per heavy atom. The number of esters is 1. The lowest BCUT2D eigenvalue weighted by Gasteiger charge is -2.34. The van der Waals surface area contributed by atoms with E-state index in [1.165, 1.54) is 6.26 Å². The molecule has 0 radical (unpaired) electrons. The van der Waals surface area contributed by atoms with E-state index in [1.807, 2.05) is 18.7 Å². The molecule has 0 saturated heterocycles. The summed E-state index contributed by atoms with van der Waals surface area (Å²) in [6.07, 6.45) is 1.21. The fraction of sp³-hybridized carbons (Fsp3) is 0.923. The molecule has 1 N–H and O–H groups in total. The van der Waals surface area contributed by atoms with Crippen LogP contribution in [0.4, 0.5) is 0 Å². The first-order chi connectivity index (χ1) is 9.00. The van der Waals surface area contributed by atoms with Gasteiger partial charge in [0.25, 0.3) is 0 Å². The van der Waals surface area contributed by atoms with E-state index in [2.05, 4.69) is 5.32 Å². The van der Waals surface area contributed by atoms with Crippen molar-refractivity contribution in [1.29, 1.82) is 0 Å². The van der Waals surface area contributed by atoms with Gasteiger partial charge in [-0.3, -0.25) is 10.1 Å². The largest absolute Gasteiger partial charge is 0.465 e. The highest BCUT2D eigenvalue weighted by molar-refractivity contribution is 7.90. The number of nitrogens with one attached hydrogen (secondary N) is 1. The maximum absolute atomic E-state index is 12.1. The lowest BCUT2D eigenvalue weighted by atomic mass is 10.0. The smallest absolute Gasteiger partial charge is 0.327 e. The Morgan fingerprint density at radius 3 is 2.35 bits per heavy atom. The molecule has 0 saturated carbocycles. The minimum absolute atomic E-state index is 0.0735. The number of ether oxygens (including phenoxy) is 1. The van der Waals surface area contributed by atoms with Crippen molar-refractivity contribution >= 4 is 15.8 Å². The van der Waals surface area contributed by atoms with Gasteiger partial charge in [0.15, 0.2) is 0 Å². The molecule has 120 valence electrons. The first kappa shape index (κ1) is 19.3. The SMILES string of the molecule is CCOC(=O)C(C)(CN(C)CCS(C)(=O)=O)NC(C)C. The van der Waals surface area contributed by atoms with Gasteiger partial charge in [0.2, 0.25) is 0 Å². The number of carbonyl (C=O) groups excluding carboxylic acids is 1. The van der Waals surface area contributed by atoms with E-state index in [0.717, 1.165) is 0 Å². The Kier molecular flexibility index (Phi) is 7.69. The molecule has 0 heterocycles. The Hall–Kier alpha value is -0.660. The van der Waals surface area contributed by atoms with Crippen LogP contribution in [0.2, 0.25) is 0 Å². The van der Waals surface area contributed by atoms with E-state index < -0.39 is 15.4 Å². The van der Waals surface area contributed by atoms with Gasteiger partial charge in [-0.05, 0) is 34.7 Å². The normalized spacial score (nSPS) is 15.4. The van der Waals surface area contributed by atoms with Gasteiger partial charge in [-0.1, -0.05) is 0 Å². The third-order valence-electron chi connectivity index (χ3n) is 2.76. The number of nitrogens with zero attached hydrogens (tertiary/aromatic N) is 1. The first-order valence-corrected chi connectivity index (χ1v) is 8.87. The van der Waals surface area contributed by atoms with Crippen LogP contribution >= 0.6 is 0 Å². The molecule has 0 aromatic rings. The van der Waals surface area contributed by atoms with Crippen LogP contribution in [0.25, 0.3) is 0 Å². The maximum atomic E-state index is 12.1. The molecule has 0 bridgehead atoms. The van der Waals surface area contributed by atoms with Crippen LogP contribution in [0, 0.1) is 0 Å². The van der Waals surface area contributed by atoms with Crippen molar-refractivity contribution in [1.82, 2.24) is 10.2 Å². The van der Waals surface area contributed by atoms with Crippen molar-refractivity contribution in [3.8, 4) is 0 Å². The highest BCUT2D eigenvalue weighted by atomic mass is 32.2. The maximum Gasteiger partial charge on any atom is 0.327 e. The third-order valence-corrected chi connectivity index (χ3v) is 3.69. The number of rotatable bonds is 9. The quantitative estimate of drug-likeness (QED) is 0.617. The van der Waals surface area contributed by atoms with Crippen LogP contribution in [0.15, 0.2) is 0 Å². The lowest BCUT2D eigenvalue weighted by molar-refractivity contribution is -0.151. The molecule has 1 atom stereocenters. The molecule has 1 unspecified atom stereocenters. The molecule has 0 aliphatic carbocycles. The van der Waals surface area contributed by atoms with Crippen LogP contribution in [0.1, 0.15) is 27.7 Å². The van der Waals surface area contributed by atoms with Crippen LogP contribution in [0.3, 0.4) is 0 Å². The van der Waals surface area contributed by atoms with E-state index in [-0.39, 0.29) is 17.8 Å². The zero-order valence-electron chi connectivity index (χ0n) is 13.4. The summed E-state index contributed by atoms with van der Waals surface area (Å²) in [5.74, 6) is -0.246. The molecule has 7 heteroatoms. The Balaban J connectivity index is 4.75. The number of likely N-dealkylation sites (N-methyl/N-ethyl adjacent to an activating group) is 1. The van der Waals surface area contributed by atoms with Gasteiger partial charge in [-0.25, -0.2) is 8.42 Å². The van der Waals surface area contributed by atoms with Crippen molar-refractivity contribution in [2.75, 3.05) is 38.8 Å². The molecule has 0 spiro atoms. The van der Waals surface area contributed by atoms with Gasteiger partial charge in [-0.2, -0.15) is 0 Å². The van der Waals surface area contributed by atoms with E-state index in [1.54, 1.807) is 20.9 Å². The van der Waals surface area contributed by atoms with Crippen LogP contribution in [-0.4, -0.2) is 69.6 Å². The Labute approximate surface area is 122 Å². The number of sulfone groups is 1. The molecule has 20 heavy (non-hydrogen) atoms. The van der Waals surface area contributed by atoms with E-state index in [4.69, 9.17) is 4.74 Å². The molecule has 0 rings (SSSR count). The molecule has 0 aromatic heterocycles. The van der Waals surface area contributed by atoms with E-state index >= 15 is 0 Å². The van der Waals surface area contributed by atoms with Gasteiger partial charge >= 0.3 is 5.97 Å². The average molecular weight is 308 g/mol. The molecule has 0 aliphatic heterocycles. The predicted octanol–water partition coefficient (Wildman–Crippen LogP) is 0.283. The molecule has 0 amide bonds. The molecule has 6 nitrogen and oxygen atoms in total. The highest BCUT2D eigenvalue weighted by Crippen LogP contribution is 2.11. The van der Waals surface area contributed by atoms with Crippen LogP contribution in [-0.2, 0) is 19.4 Å². The Morgan fingerprint density at radius 2 is 1.95 bits per heavy atom. The second-order valence-corrected chi connectivity index (χ2v) is 7.98. The van der Waals surface area contributed by atoms with Gasteiger partial charge in [0, 0.05) is 25.4 Å². The van der Waals surface area contributed by atoms with Crippen LogP contribution < -0.4 is 5.32 Å². The molecular weight excluding hydrogens is 280 g/mol. The summed E-state index contributed by atoms with van der Waals surface area (Å²) >= 11 is 0. The van der Waals surface area contributed by atoms with Gasteiger partial charge in [0.1, 0.15) is 15.4 Å². The number of carbonyl (C=O) groups is 1. The van der Waals surface area contributed by atoms with Crippen molar-refractivity contribution in [2.24, 2.45) is 0 Å². The zero-order chi connectivity index (χ0) is 16.0. The second-order valence-electron chi connectivity index (χ2n) is 5.72.